The van der Waals surface area contributed by atoms with Gasteiger partial charge in [0.1, 0.15) is 12.7 Å². The molecule has 1 saturated carbocycles. The minimum atomic E-state index is 0.430. The second-order valence-electron chi connectivity index (χ2n) is 6.08. The van der Waals surface area contributed by atoms with Gasteiger partial charge in [-0.2, -0.15) is 5.10 Å². The van der Waals surface area contributed by atoms with Crippen LogP contribution in [-0.2, 0) is 12.0 Å². The van der Waals surface area contributed by atoms with Crippen LogP contribution in [0.1, 0.15) is 31.2 Å². The number of anilines is 1. The lowest BCUT2D eigenvalue weighted by molar-refractivity contribution is 0.459. The predicted molar refractivity (Wildman–Crippen MR) is 78.8 cm³/mol. The molecule has 20 heavy (non-hydrogen) atoms. The lowest BCUT2D eigenvalue weighted by Crippen LogP contribution is -2.33. The van der Waals surface area contributed by atoms with E-state index in [4.69, 9.17) is 0 Å². The normalized spacial score (nSPS) is 19.7. The second kappa shape index (κ2) is 4.62. The second-order valence-corrected chi connectivity index (χ2v) is 6.08. The van der Waals surface area contributed by atoms with E-state index < -0.39 is 0 Å². The van der Waals surface area contributed by atoms with E-state index in [0.717, 1.165) is 13.1 Å². The fourth-order valence-corrected chi connectivity index (χ4v) is 3.98. The molecule has 1 aromatic heterocycles. The van der Waals surface area contributed by atoms with Gasteiger partial charge in [0.05, 0.1) is 6.54 Å². The van der Waals surface area contributed by atoms with Gasteiger partial charge in [0.15, 0.2) is 0 Å². The molecule has 0 saturated heterocycles. The van der Waals surface area contributed by atoms with Gasteiger partial charge in [-0.1, -0.05) is 31.0 Å². The standard InChI is InChI=1S/C16H20N4/c1-2-6-15-14(5-1)16(7-3-4-8-16)11-19(15)9-10-20-13-17-12-18-20/h1-2,5-6,12-13H,3-4,7-11H2. The van der Waals surface area contributed by atoms with Crippen molar-refractivity contribution in [1.82, 2.24) is 14.8 Å². The van der Waals surface area contributed by atoms with Crippen molar-refractivity contribution in [3.8, 4) is 0 Å². The molecule has 0 atom stereocenters. The molecular formula is C16H20N4. The molecule has 1 fully saturated rings. The minimum absolute atomic E-state index is 0.430. The molecule has 0 bridgehead atoms. The molecule has 2 aliphatic rings. The summed E-state index contributed by atoms with van der Waals surface area (Å²) in [6, 6.07) is 8.98. The largest absolute Gasteiger partial charge is 0.369 e. The highest BCUT2D eigenvalue weighted by Gasteiger charge is 2.43. The van der Waals surface area contributed by atoms with Crippen molar-refractivity contribution in [2.45, 2.75) is 37.6 Å². The van der Waals surface area contributed by atoms with Gasteiger partial charge in [0, 0.05) is 24.2 Å². The average Bonchev–Trinajstić information content (AvgIpc) is 3.20. The molecule has 4 heteroatoms. The molecule has 4 rings (SSSR count). The first-order valence-electron chi connectivity index (χ1n) is 7.54. The molecule has 0 amide bonds. The summed E-state index contributed by atoms with van der Waals surface area (Å²) in [6.07, 6.45) is 8.87. The van der Waals surface area contributed by atoms with Crippen molar-refractivity contribution < 1.29 is 0 Å². The maximum atomic E-state index is 4.20. The van der Waals surface area contributed by atoms with Gasteiger partial charge >= 0.3 is 0 Å². The number of aromatic nitrogens is 3. The van der Waals surface area contributed by atoms with Crippen molar-refractivity contribution in [2.75, 3.05) is 18.0 Å². The number of para-hydroxylation sites is 1. The van der Waals surface area contributed by atoms with Gasteiger partial charge in [-0.3, -0.25) is 4.68 Å². The van der Waals surface area contributed by atoms with Crippen molar-refractivity contribution in [1.29, 1.82) is 0 Å². The number of nitrogens with zero attached hydrogens (tertiary/aromatic N) is 4. The molecule has 2 aromatic rings. The van der Waals surface area contributed by atoms with Crippen LogP contribution < -0.4 is 4.90 Å². The summed E-state index contributed by atoms with van der Waals surface area (Å²) in [7, 11) is 0. The highest BCUT2D eigenvalue weighted by molar-refractivity contribution is 5.63. The first-order chi connectivity index (χ1) is 9.87. The summed E-state index contributed by atoms with van der Waals surface area (Å²) >= 11 is 0. The number of hydrogen-bond donors (Lipinski definition) is 0. The lowest BCUT2D eigenvalue weighted by atomic mass is 9.81. The summed E-state index contributed by atoms with van der Waals surface area (Å²) in [4.78, 5) is 6.56. The Morgan fingerprint density at radius 3 is 2.75 bits per heavy atom. The maximum absolute atomic E-state index is 4.20. The third kappa shape index (κ3) is 1.82. The Labute approximate surface area is 119 Å². The molecule has 2 heterocycles. The highest BCUT2D eigenvalue weighted by atomic mass is 15.3. The van der Waals surface area contributed by atoms with E-state index >= 15 is 0 Å². The van der Waals surface area contributed by atoms with E-state index in [1.165, 1.54) is 37.9 Å². The van der Waals surface area contributed by atoms with E-state index in [2.05, 4.69) is 39.2 Å². The summed E-state index contributed by atoms with van der Waals surface area (Å²) in [6.45, 7) is 3.10. The van der Waals surface area contributed by atoms with Crippen LogP contribution in [0, 0.1) is 0 Å². The Hall–Kier alpha value is -1.84. The van der Waals surface area contributed by atoms with Crippen LogP contribution >= 0.6 is 0 Å². The van der Waals surface area contributed by atoms with Crippen LogP contribution in [0.15, 0.2) is 36.9 Å². The maximum Gasteiger partial charge on any atom is 0.137 e. The first kappa shape index (κ1) is 11.9. The smallest absolute Gasteiger partial charge is 0.137 e. The SMILES string of the molecule is c1ccc2c(c1)N(CCn1cncn1)CC21CCCC1. The highest BCUT2D eigenvalue weighted by Crippen LogP contribution is 2.50. The van der Waals surface area contributed by atoms with Crippen molar-refractivity contribution in [3.63, 3.8) is 0 Å². The predicted octanol–water partition coefficient (Wildman–Crippen LogP) is 2.61. The molecule has 0 radical (unpaired) electrons. The summed E-state index contributed by atoms with van der Waals surface area (Å²) in [5.74, 6) is 0. The van der Waals surface area contributed by atoms with E-state index in [9.17, 15) is 0 Å². The van der Waals surface area contributed by atoms with Crippen LogP contribution in [0.2, 0.25) is 0 Å². The van der Waals surface area contributed by atoms with Gasteiger partial charge in [0.25, 0.3) is 0 Å². The fourth-order valence-electron chi connectivity index (χ4n) is 3.98. The topological polar surface area (TPSA) is 34.0 Å². The number of benzene rings is 1. The first-order valence-corrected chi connectivity index (χ1v) is 7.54. The van der Waals surface area contributed by atoms with Crippen LogP contribution in [-0.4, -0.2) is 27.9 Å². The van der Waals surface area contributed by atoms with Crippen molar-refractivity contribution in [2.24, 2.45) is 0 Å². The van der Waals surface area contributed by atoms with Gasteiger partial charge < -0.3 is 4.90 Å². The Bertz CT molecular complexity index is 584. The Kier molecular flexibility index (Phi) is 2.76. The zero-order chi connectivity index (χ0) is 13.4. The fraction of sp³-hybridized carbons (Fsp3) is 0.500. The molecule has 1 aromatic carbocycles. The van der Waals surface area contributed by atoms with E-state index in [1.807, 2.05) is 4.68 Å². The summed E-state index contributed by atoms with van der Waals surface area (Å²) in [5, 5.41) is 4.20. The zero-order valence-electron chi connectivity index (χ0n) is 11.7. The summed E-state index contributed by atoms with van der Waals surface area (Å²) < 4.78 is 1.92. The molecule has 4 nitrogen and oxygen atoms in total. The molecular weight excluding hydrogens is 248 g/mol. The van der Waals surface area contributed by atoms with Crippen LogP contribution in [0.4, 0.5) is 5.69 Å². The molecule has 104 valence electrons. The minimum Gasteiger partial charge on any atom is -0.369 e. The number of rotatable bonds is 3. The van der Waals surface area contributed by atoms with Gasteiger partial charge in [-0.15, -0.1) is 0 Å². The quantitative estimate of drug-likeness (QED) is 0.858. The van der Waals surface area contributed by atoms with Crippen LogP contribution in [0.25, 0.3) is 0 Å². The molecule has 0 N–H and O–H groups in total. The monoisotopic (exact) mass is 268 g/mol. The zero-order valence-corrected chi connectivity index (χ0v) is 11.7. The molecule has 1 aliphatic carbocycles. The third-order valence-electron chi connectivity index (χ3n) is 4.94. The van der Waals surface area contributed by atoms with Gasteiger partial charge in [-0.05, 0) is 24.5 Å². The van der Waals surface area contributed by atoms with Crippen molar-refractivity contribution >= 4 is 5.69 Å². The molecule has 1 aliphatic heterocycles. The van der Waals surface area contributed by atoms with Crippen LogP contribution in [0.5, 0.6) is 0 Å². The lowest BCUT2D eigenvalue weighted by Gasteiger charge is -2.25. The summed E-state index contributed by atoms with van der Waals surface area (Å²) in [5.41, 5.74) is 3.45. The van der Waals surface area contributed by atoms with E-state index in [1.54, 1.807) is 18.2 Å². The Balaban J connectivity index is 1.59. The van der Waals surface area contributed by atoms with Gasteiger partial charge in [-0.25, -0.2) is 4.98 Å². The number of hydrogen-bond acceptors (Lipinski definition) is 3. The molecule has 1 spiro atoms. The Morgan fingerprint density at radius 2 is 1.95 bits per heavy atom. The average molecular weight is 268 g/mol. The van der Waals surface area contributed by atoms with E-state index in [-0.39, 0.29) is 0 Å². The van der Waals surface area contributed by atoms with Crippen molar-refractivity contribution in [3.05, 3.63) is 42.5 Å². The van der Waals surface area contributed by atoms with E-state index in [0.29, 0.717) is 5.41 Å². The van der Waals surface area contributed by atoms with Gasteiger partial charge in [0.2, 0.25) is 0 Å². The third-order valence-corrected chi connectivity index (χ3v) is 4.94. The molecule has 0 unspecified atom stereocenters. The Morgan fingerprint density at radius 1 is 1.10 bits per heavy atom. The van der Waals surface area contributed by atoms with Crippen LogP contribution in [0.3, 0.4) is 0 Å². The number of fused-ring (bicyclic) bond motifs is 2.